The van der Waals surface area contributed by atoms with Crippen LogP contribution < -0.4 is 21.7 Å². The minimum atomic E-state index is -1.03. The highest BCUT2D eigenvalue weighted by Gasteiger charge is 2.44. The Balaban J connectivity index is 1.67. The molecule has 20 nitrogen and oxygen atoms in total. The zero-order valence-electron chi connectivity index (χ0n) is 47.0. The second-order valence-electron chi connectivity index (χ2n) is 21.5. The standard InChI is InChI=1S/C55H94N8O12/c1-12-37(6)49(61(9)54(70)47(35(2)3)59-52(68)48(36(4)5)60(8)29-17-13-14-23-45(65)57-28-16-15-21-41(56)55(71)72)44(73-10)34-46(66)62-30-20-22-43(62)50(74-11)38(7)51(67)58-42(33-39-24-26-40(64)27-25-39)53(69)63-31-18-19-32-75-63/h24-27,35-38,41-44,47-50,64H,12-23,28-34,56H2,1-11H3,(H,57,65)(H,58,67)(H,59,68)(H,71,72)/t37-,38+,41-,42-,43-,44+,47-,48-,49-,50+/m0/s1. The summed E-state index contributed by atoms with van der Waals surface area (Å²) in [7, 11) is 6.65. The second kappa shape index (κ2) is 32.6. The van der Waals surface area contributed by atoms with Gasteiger partial charge in [0, 0.05) is 53.7 Å². The average Bonchev–Trinajstić information content (AvgIpc) is 3.87. The first kappa shape index (κ1) is 64.4. The SMILES string of the molecule is CC[C@H](C)[C@@H]([C@@H](CC(=O)N1CCC[C@H]1[C@H](OC)[C@@H](C)C(=O)N[C@@H](Cc1ccc(O)cc1)C(=O)N1CCCCO1)OC)N(C)C(=O)[C@@H](NC(=O)[C@H](C(C)C)N(C)CCCCCC(=O)NCCCC[C@H](N)C(=O)O)C(C)C. The number of nitrogens with two attached hydrogens (primary N) is 1. The molecular formula is C55H94N8O12. The van der Waals surface area contributed by atoms with Crippen LogP contribution in [-0.2, 0) is 54.3 Å². The number of aromatic hydroxyl groups is 1. The number of benzene rings is 1. The summed E-state index contributed by atoms with van der Waals surface area (Å²) >= 11 is 0. The van der Waals surface area contributed by atoms with Crippen LogP contribution in [0.2, 0.25) is 0 Å². The van der Waals surface area contributed by atoms with Crippen molar-refractivity contribution in [3.05, 3.63) is 29.8 Å². The van der Waals surface area contributed by atoms with E-state index in [4.69, 9.17) is 25.2 Å². The van der Waals surface area contributed by atoms with Crippen LogP contribution in [0.15, 0.2) is 24.3 Å². The predicted octanol–water partition coefficient (Wildman–Crippen LogP) is 4.25. The lowest BCUT2D eigenvalue weighted by molar-refractivity contribution is -0.199. The van der Waals surface area contributed by atoms with Crippen molar-refractivity contribution in [3.8, 4) is 5.75 Å². The number of hydrogen-bond donors (Lipinski definition) is 6. The van der Waals surface area contributed by atoms with Gasteiger partial charge in [-0.25, -0.2) is 5.06 Å². The summed E-state index contributed by atoms with van der Waals surface area (Å²) in [6.07, 6.45) is 6.44. The fraction of sp³-hybridized carbons (Fsp3) is 0.764. The summed E-state index contributed by atoms with van der Waals surface area (Å²) in [5.41, 5.74) is 6.28. The van der Waals surface area contributed by atoms with E-state index in [1.807, 2.05) is 53.5 Å². The molecule has 426 valence electrons. The highest BCUT2D eigenvalue weighted by molar-refractivity contribution is 5.91. The summed E-state index contributed by atoms with van der Waals surface area (Å²) in [5, 5.41) is 29.0. The molecule has 6 amide bonds. The molecule has 0 bridgehead atoms. The van der Waals surface area contributed by atoms with Crippen molar-refractivity contribution >= 4 is 41.4 Å². The maximum atomic E-state index is 14.7. The molecule has 2 aliphatic heterocycles. The lowest BCUT2D eigenvalue weighted by Crippen LogP contribution is -2.60. The van der Waals surface area contributed by atoms with Gasteiger partial charge in [0.1, 0.15) is 23.9 Å². The number of aliphatic carboxylic acids is 1. The van der Waals surface area contributed by atoms with Gasteiger partial charge in [-0.1, -0.05) is 73.4 Å². The van der Waals surface area contributed by atoms with Gasteiger partial charge >= 0.3 is 5.97 Å². The summed E-state index contributed by atoms with van der Waals surface area (Å²) in [5.74, 6) is -3.78. The molecule has 75 heavy (non-hydrogen) atoms. The number of hydroxylamine groups is 2. The van der Waals surface area contributed by atoms with E-state index in [2.05, 4.69) is 16.0 Å². The molecule has 1 aromatic rings. The number of phenols is 1. The molecule has 0 radical (unpaired) electrons. The number of carbonyl (C=O) groups excluding carboxylic acids is 6. The van der Waals surface area contributed by atoms with E-state index < -0.39 is 66.3 Å². The van der Waals surface area contributed by atoms with Crippen molar-refractivity contribution < 1.29 is 58.1 Å². The Hall–Kier alpha value is -4.89. The highest BCUT2D eigenvalue weighted by Crippen LogP contribution is 2.30. The summed E-state index contributed by atoms with van der Waals surface area (Å²) in [6.45, 7) is 15.8. The molecule has 2 heterocycles. The zero-order valence-corrected chi connectivity index (χ0v) is 47.0. The molecule has 0 saturated carbocycles. The Morgan fingerprint density at radius 1 is 0.853 bits per heavy atom. The first-order valence-corrected chi connectivity index (χ1v) is 27.5. The van der Waals surface area contributed by atoms with Gasteiger partial charge in [0.2, 0.25) is 29.5 Å². The number of phenolic OH excluding ortho intramolecular Hbond substituents is 1. The maximum absolute atomic E-state index is 14.7. The van der Waals surface area contributed by atoms with Crippen molar-refractivity contribution in [2.45, 2.75) is 187 Å². The van der Waals surface area contributed by atoms with Gasteiger partial charge in [-0.2, -0.15) is 0 Å². The van der Waals surface area contributed by atoms with Crippen LogP contribution in [0.3, 0.4) is 0 Å². The molecule has 2 saturated heterocycles. The van der Waals surface area contributed by atoms with Crippen molar-refractivity contribution in [1.29, 1.82) is 0 Å². The van der Waals surface area contributed by atoms with Gasteiger partial charge in [-0.05, 0) is 107 Å². The minimum Gasteiger partial charge on any atom is -0.508 e. The van der Waals surface area contributed by atoms with Gasteiger partial charge < -0.3 is 51.2 Å². The summed E-state index contributed by atoms with van der Waals surface area (Å²) in [6, 6.07) is 2.22. The number of carbonyl (C=O) groups is 7. The fourth-order valence-corrected chi connectivity index (χ4v) is 10.5. The number of ether oxygens (including phenoxy) is 2. The van der Waals surface area contributed by atoms with Crippen molar-refractivity contribution in [2.24, 2.45) is 29.4 Å². The van der Waals surface area contributed by atoms with Crippen LogP contribution in [0, 0.1) is 23.7 Å². The average molecular weight is 1060 g/mol. The number of hydrogen-bond acceptors (Lipinski definition) is 13. The van der Waals surface area contributed by atoms with Crippen LogP contribution in [0.1, 0.15) is 138 Å². The Labute approximate surface area is 446 Å². The van der Waals surface area contributed by atoms with Crippen LogP contribution in [-0.4, -0.2) is 181 Å². The molecule has 3 rings (SSSR count). The van der Waals surface area contributed by atoms with E-state index in [9.17, 15) is 38.7 Å². The molecule has 0 aromatic heterocycles. The van der Waals surface area contributed by atoms with Crippen LogP contribution in [0.25, 0.3) is 0 Å². The third-order valence-corrected chi connectivity index (χ3v) is 15.1. The molecule has 0 spiro atoms. The van der Waals surface area contributed by atoms with E-state index in [1.54, 1.807) is 35.9 Å². The number of nitrogens with one attached hydrogen (secondary N) is 3. The number of carboxylic acids is 1. The maximum Gasteiger partial charge on any atom is 0.320 e. The Morgan fingerprint density at radius 2 is 1.55 bits per heavy atom. The lowest BCUT2D eigenvalue weighted by atomic mass is 9.89. The van der Waals surface area contributed by atoms with E-state index in [0.717, 1.165) is 31.2 Å². The highest BCUT2D eigenvalue weighted by atomic mass is 16.7. The van der Waals surface area contributed by atoms with Crippen LogP contribution in [0.5, 0.6) is 5.75 Å². The normalized spacial score (nSPS) is 18.6. The van der Waals surface area contributed by atoms with Crippen LogP contribution >= 0.6 is 0 Å². The van der Waals surface area contributed by atoms with Crippen LogP contribution in [0.4, 0.5) is 0 Å². The first-order valence-electron chi connectivity index (χ1n) is 27.5. The van der Waals surface area contributed by atoms with Gasteiger partial charge in [0.05, 0.1) is 49.3 Å². The van der Waals surface area contributed by atoms with Crippen molar-refractivity contribution in [2.75, 3.05) is 61.1 Å². The molecular weight excluding hydrogens is 965 g/mol. The third-order valence-electron chi connectivity index (χ3n) is 15.1. The topological polar surface area (TPSA) is 263 Å². The summed E-state index contributed by atoms with van der Waals surface area (Å²) < 4.78 is 12.1. The van der Waals surface area contributed by atoms with Crippen molar-refractivity contribution in [1.82, 2.24) is 35.7 Å². The molecule has 1 aromatic carbocycles. The predicted molar refractivity (Wildman–Crippen MR) is 286 cm³/mol. The molecule has 7 N–H and O–H groups in total. The molecule has 0 aliphatic carbocycles. The number of nitrogens with zero attached hydrogens (tertiary/aromatic N) is 4. The molecule has 2 fully saturated rings. The third kappa shape index (κ3) is 19.9. The smallest absolute Gasteiger partial charge is 0.320 e. The first-order chi connectivity index (χ1) is 35.6. The minimum absolute atomic E-state index is 0.0506. The van der Waals surface area contributed by atoms with E-state index in [0.29, 0.717) is 84.2 Å². The molecule has 10 atom stereocenters. The lowest BCUT2D eigenvalue weighted by Gasteiger charge is -2.41. The summed E-state index contributed by atoms with van der Waals surface area (Å²) in [4.78, 5) is 106. The number of methoxy groups -OCH3 is 2. The second-order valence-corrected chi connectivity index (χ2v) is 21.5. The fourth-order valence-electron chi connectivity index (χ4n) is 10.5. The van der Waals surface area contributed by atoms with E-state index in [1.165, 1.54) is 31.4 Å². The van der Waals surface area contributed by atoms with Gasteiger partial charge in [0.25, 0.3) is 5.91 Å². The van der Waals surface area contributed by atoms with Gasteiger partial charge in [-0.3, -0.25) is 43.3 Å². The number of carboxylic acid groups (broad SMARTS) is 1. The molecule has 2 aliphatic rings. The van der Waals surface area contributed by atoms with Gasteiger partial charge in [0.15, 0.2) is 0 Å². The Bertz CT molecular complexity index is 1950. The Kier molecular flexibility index (Phi) is 28.0. The number of likely N-dealkylation sites (tertiary alicyclic amines) is 1. The molecule has 0 unspecified atom stereocenters. The zero-order chi connectivity index (χ0) is 55.9. The Morgan fingerprint density at radius 3 is 2.13 bits per heavy atom. The molecule has 20 heteroatoms. The monoisotopic (exact) mass is 1060 g/mol. The number of amides is 6. The van der Waals surface area contributed by atoms with Gasteiger partial charge in [-0.15, -0.1) is 0 Å². The number of likely N-dealkylation sites (N-methyl/N-ethyl adjacent to an activating group) is 2. The quantitative estimate of drug-likeness (QED) is 0.0538. The largest absolute Gasteiger partial charge is 0.508 e. The van der Waals surface area contributed by atoms with E-state index in [-0.39, 0.29) is 65.9 Å². The number of unbranched alkanes of at least 4 members (excludes halogenated alkanes) is 3. The number of rotatable bonds is 33. The van der Waals surface area contributed by atoms with Crippen molar-refractivity contribution in [3.63, 3.8) is 0 Å². The van der Waals surface area contributed by atoms with E-state index >= 15 is 0 Å².